The number of nitrogens with zero attached hydrogens (tertiary/aromatic N) is 1. The smallest absolute Gasteiger partial charge is 0.219 e. The first-order valence-corrected chi connectivity index (χ1v) is 6.25. The first-order chi connectivity index (χ1) is 9.13. The molecule has 0 bridgehead atoms. The van der Waals surface area contributed by atoms with Crippen LogP contribution in [-0.4, -0.2) is 11.0 Å². The molecule has 0 atom stereocenters. The first-order valence-electron chi connectivity index (χ1n) is 6.25. The predicted octanol–water partition coefficient (Wildman–Crippen LogP) is 3.51. The van der Waals surface area contributed by atoms with Crippen LogP contribution in [0.2, 0.25) is 0 Å². The minimum Gasteiger partial charge on any atom is -0.439 e. The number of pyridine rings is 1. The van der Waals surface area contributed by atoms with Gasteiger partial charge in [-0.2, -0.15) is 0 Å². The van der Waals surface area contributed by atoms with Crippen molar-refractivity contribution < 1.29 is 9.13 Å². The summed E-state index contributed by atoms with van der Waals surface area (Å²) >= 11 is 0. The molecule has 0 amide bonds. The van der Waals surface area contributed by atoms with Gasteiger partial charge in [0.25, 0.3) is 0 Å². The van der Waals surface area contributed by atoms with Crippen molar-refractivity contribution in [3.8, 4) is 11.6 Å². The van der Waals surface area contributed by atoms with Crippen LogP contribution in [0.3, 0.4) is 0 Å². The van der Waals surface area contributed by atoms with E-state index < -0.39 is 0 Å². The van der Waals surface area contributed by atoms with Gasteiger partial charge in [-0.1, -0.05) is 13.8 Å². The number of hydrogen-bond donors (Lipinski definition) is 1. The Bertz CT molecular complexity index is 526. The minimum absolute atomic E-state index is 0.282. The topological polar surface area (TPSA) is 34.2 Å². The molecule has 1 aromatic carbocycles. The van der Waals surface area contributed by atoms with Crippen LogP contribution in [0.4, 0.5) is 4.39 Å². The number of halogens is 1. The summed E-state index contributed by atoms with van der Waals surface area (Å²) in [4.78, 5) is 4.14. The average molecular weight is 260 g/mol. The fourth-order valence-corrected chi connectivity index (χ4v) is 1.56. The molecule has 100 valence electrons. The van der Waals surface area contributed by atoms with E-state index in [0.29, 0.717) is 17.7 Å². The van der Waals surface area contributed by atoms with Gasteiger partial charge in [0.2, 0.25) is 5.88 Å². The van der Waals surface area contributed by atoms with Crippen LogP contribution in [0.1, 0.15) is 19.4 Å². The Labute approximate surface area is 112 Å². The molecule has 1 heterocycles. The van der Waals surface area contributed by atoms with E-state index in [2.05, 4.69) is 24.1 Å². The molecule has 0 saturated carbocycles. The minimum atomic E-state index is -0.282. The van der Waals surface area contributed by atoms with E-state index in [0.717, 1.165) is 12.1 Å². The summed E-state index contributed by atoms with van der Waals surface area (Å²) in [5.41, 5.74) is 1.10. The van der Waals surface area contributed by atoms with Gasteiger partial charge in [-0.15, -0.1) is 0 Å². The van der Waals surface area contributed by atoms with Crippen LogP contribution in [0, 0.1) is 5.82 Å². The van der Waals surface area contributed by atoms with Crippen molar-refractivity contribution in [3.63, 3.8) is 0 Å². The molecule has 3 nitrogen and oxygen atoms in total. The predicted molar refractivity (Wildman–Crippen MR) is 72.7 cm³/mol. The number of rotatable bonds is 5. The van der Waals surface area contributed by atoms with Gasteiger partial charge in [0, 0.05) is 24.8 Å². The van der Waals surface area contributed by atoms with Crippen molar-refractivity contribution in [1.29, 1.82) is 0 Å². The molecular weight excluding hydrogens is 243 g/mol. The van der Waals surface area contributed by atoms with Crippen molar-refractivity contribution in [3.05, 3.63) is 54.0 Å². The van der Waals surface area contributed by atoms with Gasteiger partial charge >= 0.3 is 0 Å². The van der Waals surface area contributed by atoms with Gasteiger partial charge < -0.3 is 10.1 Å². The molecule has 19 heavy (non-hydrogen) atoms. The highest BCUT2D eigenvalue weighted by Crippen LogP contribution is 2.20. The van der Waals surface area contributed by atoms with Crippen LogP contribution >= 0.6 is 0 Å². The van der Waals surface area contributed by atoms with E-state index in [4.69, 9.17) is 4.74 Å². The molecule has 0 unspecified atom stereocenters. The van der Waals surface area contributed by atoms with E-state index in [1.54, 1.807) is 18.3 Å². The van der Waals surface area contributed by atoms with Crippen molar-refractivity contribution in [2.75, 3.05) is 0 Å². The molecule has 0 fully saturated rings. The zero-order chi connectivity index (χ0) is 13.7. The highest BCUT2D eigenvalue weighted by Gasteiger charge is 2.01. The van der Waals surface area contributed by atoms with Gasteiger partial charge in [-0.3, -0.25) is 0 Å². The van der Waals surface area contributed by atoms with E-state index in [1.807, 2.05) is 12.1 Å². The Kier molecular flexibility index (Phi) is 4.47. The lowest BCUT2D eigenvalue weighted by Crippen LogP contribution is -2.21. The van der Waals surface area contributed by atoms with E-state index in [-0.39, 0.29) is 5.82 Å². The van der Waals surface area contributed by atoms with E-state index >= 15 is 0 Å². The van der Waals surface area contributed by atoms with Gasteiger partial charge in [0.15, 0.2) is 0 Å². The highest BCUT2D eigenvalue weighted by molar-refractivity contribution is 5.29. The summed E-state index contributed by atoms with van der Waals surface area (Å²) in [6.45, 7) is 4.95. The lowest BCUT2D eigenvalue weighted by atomic mass is 10.2. The summed E-state index contributed by atoms with van der Waals surface area (Å²) < 4.78 is 18.4. The molecule has 0 spiro atoms. The van der Waals surface area contributed by atoms with E-state index in [9.17, 15) is 4.39 Å². The molecule has 2 rings (SSSR count). The Morgan fingerprint density at radius 2 is 1.95 bits per heavy atom. The molecule has 0 aliphatic heterocycles. The zero-order valence-corrected chi connectivity index (χ0v) is 11.1. The number of benzene rings is 1. The van der Waals surface area contributed by atoms with Crippen LogP contribution in [0.25, 0.3) is 0 Å². The third-order valence-electron chi connectivity index (χ3n) is 2.55. The quantitative estimate of drug-likeness (QED) is 0.893. The van der Waals surface area contributed by atoms with E-state index in [1.165, 1.54) is 12.1 Å². The zero-order valence-electron chi connectivity index (χ0n) is 11.1. The molecular formula is C15H17FN2O. The molecule has 4 heteroatoms. The van der Waals surface area contributed by atoms with Gasteiger partial charge in [-0.25, -0.2) is 9.37 Å². The fourth-order valence-electron chi connectivity index (χ4n) is 1.56. The standard InChI is InChI=1S/C15H17FN2O/c1-11(2)18-10-12-7-8-17-15(9-12)19-14-5-3-13(16)4-6-14/h3-9,11,18H,10H2,1-2H3. The maximum atomic E-state index is 12.8. The maximum Gasteiger partial charge on any atom is 0.219 e. The second-order valence-corrected chi connectivity index (χ2v) is 4.59. The Morgan fingerprint density at radius 1 is 1.21 bits per heavy atom. The average Bonchev–Trinajstić information content (AvgIpc) is 2.40. The third kappa shape index (κ3) is 4.34. The second-order valence-electron chi connectivity index (χ2n) is 4.59. The van der Waals surface area contributed by atoms with Crippen LogP contribution in [0.5, 0.6) is 11.6 Å². The van der Waals surface area contributed by atoms with Crippen molar-refractivity contribution in [2.24, 2.45) is 0 Å². The number of ether oxygens (including phenoxy) is 1. The summed E-state index contributed by atoms with van der Waals surface area (Å²) in [5, 5.41) is 3.33. The molecule has 2 aromatic rings. The second kappa shape index (κ2) is 6.29. The first kappa shape index (κ1) is 13.5. The lowest BCUT2D eigenvalue weighted by Gasteiger charge is -2.09. The summed E-state index contributed by atoms with van der Waals surface area (Å²) in [7, 11) is 0. The number of hydrogen-bond acceptors (Lipinski definition) is 3. The highest BCUT2D eigenvalue weighted by atomic mass is 19.1. The largest absolute Gasteiger partial charge is 0.439 e. The maximum absolute atomic E-state index is 12.8. The summed E-state index contributed by atoms with van der Waals surface area (Å²) in [6.07, 6.45) is 1.70. The Hall–Kier alpha value is -1.94. The SMILES string of the molecule is CC(C)NCc1ccnc(Oc2ccc(F)cc2)c1. The molecule has 1 aromatic heterocycles. The molecule has 1 N–H and O–H groups in total. The van der Waals surface area contributed by atoms with Gasteiger partial charge in [-0.05, 0) is 35.9 Å². The molecule has 0 aliphatic carbocycles. The van der Waals surface area contributed by atoms with Crippen LogP contribution < -0.4 is 10.1 Å². The van der Waals surface area contributed by atoms with Gasteiger partial charge in [0.1, 0.15) is 11.6 Å². The normalized spacial score (nSPS) is 10.7. The van der Waals surface area contributed by atoms with Crippen molar-refractivity contribution in [2.45, 2.75) is 26.4 Å². The number of aromatic nitrogens is 1. The van der Waals surface area contributed by atoms with Crippen LogP contribution in [-0.2, 0) is 6.54 Å². The van der Waals surface area contributed by atoms with Crippen LogP contribution in [0.15, 0.2) is 42.6 Å². The van der Waals surface area contributed by atoms with Crippen molar-refractivity contribution in [1.82, 2.24) is 10.3 Å². The molecule has 0 saturated heterocycles. The lowest BCUT2D eigenvalue weighted by molar-refractivity contribution is 0.459. The fraction of sp³-hybridized carbons (Fsp3) is 0.267. The summed E-state index contributed by atoms with van der Waals surface area (Å²) in [5.74, 6) is 0.799. The molecule has 0 radical (unpaired) electrons. The summed E-state index contributed by atoms with van der Waals surface area (Å²) in [6, 6.07) is 10.1. The van der Waals surface area contributed by atoms with Gasteiger partial charge in [0.05, 0.1) is 0 Å². The number of nitrogens with one attached hydrogen (secondary N) is 1. The Balaban J connectivity index is 2.04. The monoisotopic (exact) mass is 260 g/mol. The third-order valence-corrected chi connectivity index (χ3v) is 2.55. The molecule has 0 aliphatic rings. The van der Waals surface area contributed by atoms with Crippen molar-refractivity contribution >= 4 is 0 Å². The Morgan fingerprint density at radius 3 is 2.63 bits per heavy atom.